The van der Waals surface area contributed by atoms with E-state index in [2.05, 4.69) is 15.9 Å². The van der Waals surface area contributed by atoms with Crippen LogP contribution in [0.4, 0.5) is 21.0 Å². The predicted octanol–water partition coefficient (Wildman–Crippen LogP) is 8.31. The molecule has 0 spiro atoms. The number of nitrogens with zero attached hydrogens (tertiary/aromatic N) is 2. The van der Waals surface area contributed by atoms with Gasteiger partial charge in [-0.1, -0.05) is 35.9 Å². The van der Waals surface area contributed by atoms with E-state index < -0.39 is 23.8 Å². The van der Waals surface area contributed by atoms with Crippen LogP contribution in [0.25, 0.3) is 0 Å². The predicted molar refractivity (Wildman–Crippen MR) is 156 cm³/mol. The molecule has 1 atom stereocenters. The molecule has 1 unspecified atom stereocenters. The first-order valence-electron chi connectivity index (χ1n) is 12.1. The summed E-state index contributed by atoms with van der Waals surface area (Å²) < 4.78 is 16.6. The second-order valence-electron chi connectivity index (χ2n) is 9.78. The zero-order valence-corrected chi connectivity index (χ0v) is 25.0. The van der Waals surface area contributed by atoms with E-state index in [-0.39, 0.29) is 17.3 Å². The molecule has 10 heteroatoms. The number of carbonyl (C=O) groups excluding carboxylic acids is 1. The highest BCUT2D eigenvalue weighted by Crippen LogP contribution is 2.41. The molecule has 3 rings (SSSR count). The van der Waals surface area contributed by atoms with Gasteiger partial charge >= 0.3 is 12.2 Å². The number of hydrogen-bond donors (Lipinski definition) is 1. The first-order chi connectivity index (χ1) is 18.3. The van der Waals surface area contributed by atoms with E-state index in [4.69, 9.17) is 25.8 Å². The van der Waals surface area contributed by atoms with Crippen molar-refractivity contribution in [3.63, 3.8) is 0 Å². The smallest absolute Gasteiger partial charge is 0.415 e. The first-order valence-corrected chi connectivity index (χ1v) is 13.3. The van der Waals surface area contributed by atoms with Crippen molar-refractivity contribution < 1.29 is 28.9 Å². The number of methoxy groups -OCH3 is 2. The van der Waals surface area contributed by atoms with Gasteiger partial charge in [-0.3, -0.25) is 9.80 Å². The highest BCUT2D eigenvalue weighted by molar-refractivity contribution is 9.10. The second-order valence-corrected chi connectivity index (χ2v) is 11.0. The largest absolute Gasteiger partial charge is 0.497 e. The summed E-state index contributed by atoms with van der Waals surface area (Å²) >= 11 is 10.1. The molecule has 0 bridgehead atoms. The number of anilines is 2. The fraction of sp³-hybridized carbons (Fsp3) is 0.310. The van der Waals surface area contributed by atoms with Crippen LogP contribution in [0, 0.1) is 0 Å². The van der Waals surface area contributed by atoms with Crippen molar-refractivity contribution in [2.45, 2.75) is 45.9 Å². The van der Waals surface area contributed by atoms with E-state index in [1.165, 1.54) is 9.80 Å². The third-order valence-corrected chi connectivity index (χ3v) is 7.12. The lowest BCUT2D eigenvalue weighted by Crippen LogP contribution is -2.37. The molecule has 0 heterocycles. The van der Waals surface area contributed by atoms with Gasteiger partial charge in [0.05, 0.1) is 43.2 Å². The summed E-state index contributed by atoms with van der Waals surface area (Å²) in [6, 6.07) is 17.0. The van der Waals surface area contributed by atoms with Gasteiger partial charge in [0.1, 0.15) is 17.1 Å². The summed E-state index contributed by atoms with van der Waals surface area (Å²) in [5.41, 5.74) is 1.41. The van der Waals surface area contributed by atoms with Crippen LogP contribution in [0.3, 0.4) is 0 Å². The number of ether oxygens (including phenoxy) is 3. The summed E-state index contributed by atoms with van der Waals surface area (Å²) in [5.74, 6) is 1.34. The molecule has 0 aliphatic heterocycles. The Labute approximate surface area is 242 Å². The van der Waals surface area contributed by atoms with Crippen LogP contribution in [0.2, 0.25) is 5.02 Å². The van der Waals surface area contributed by atoms with Gasteiger partial charge in [0.2, 0.25) is 0 Å². The number of halogens is 2. The summed E-state index contributed by atoms with van der Waals surface area (Å²) in [5, 5.41) is 10.5. The molecule has 0 aliphatic carbocycles. The Hall–Kier alpha value is -3.43. The van der Waals surface area contributed by atoms with E-state index in [0.29, 0.717) is 21.7 Å². The molecule has 3 aromatic rings. The second kappa shape index (κ2) is 12.6. The number of hydrogen-bond acceptors (Lipinski definition) is 5. The van der Waals surface area contributed by atoms with Gasteiger partial charge in [-0.05, 0) is 91.1 Å². The van der Waals surface area contributed by atoms with Crippen molar-refractivity contribution in [1.29, 1.82) is 0 Å². The van der Waals surface area contributed by atoms with Gasteiger partial charge in [0.25, 0.3) is 0 Å². The van der Waals surface area contributed by atoms with E-state index in [1.54, 1.807) is 90.4 Å². The summed E-state index contributed by atoms with van der Waals surface area (Å²) in [6.07, 6.45) is -1.80. The highest BCUT2D eigenvalue weighted by Gasteiger charge is 2.30. The maximum atomic E-state index is 13.4. The van der Waals surface area contributed by atoms with Gasteiger partial charge in [0.15, 0.2) is 0 Å². The van der Waals surface area contributed by atoms with E-state index in [0.717, 1.165) is 11.1 Å². The minimum Gasteiger partial charge on any atom is -0.497 e. The number of carboxylic acid groups (broad SMARTS) is 1. The zero-order valence-electron chi connectivity index (χ0n) is 22.7. The van der Waals surface area contributed by atoms with Gasteiger partial charge in [-0.25, -0.2) is 9.59 Å². The van der Waals surface area contributed by atoms with Gasteiger partial charge in [-0.2, -0.15) is 0 Å². The monoisotopic (exact) mass is 618 g/mol. The van der Waals surface area contributed by atoms with Crippen LogP contribution in [0.1, 0.15) is 44.9 Å². The van der Waals surface area contributed by atoms with E-state index in [1.807, 2.05) is 12.1 Å². The van der Waals surface area contributed by atoms with Crippen LogP contribution in [-0.4, -0.2) is 37.1 Å². The van der Waals surface area contributed by atoms with Gasteiger partial charge in [0, 0.05) is 4.47 Å². The van der Waals surface area contributed by atoms with Crippen LogP contribution >= 0.6 is 27.5 Å². The van der Waals surface area contributed by atoms with Crippen molar-refractivity contribution >= 4 is 51.1 Å². The van der Waals surface area contributed by atoms with Crippen LogP contribution in [0.15, 0.2) is 65.1 Å². The zero-order chi connectivity index (χ0) is 28.9. The quantitative estimate of drug-likeness (QED) is 0.273. The maximum absolute atomic E-state index is 13.4. The molecule has 0 fully saturated rings. The Balaban J connectivity index is 2.10. The Kier molecular flexibility index (Phi) is 9.74. The van der Waals surface area contributed by atoms with Crippen LogP contribution in [-0.2, 0) is 11.3 Å². The van der Waals surface area contributed by atoms with E-state index in [9.17, 15) is 14.7 Å². The maximum Gasteiger partial charge on any atom is 0.415 e. The van der Waals surface area contributed by atoms with Gasteiger partial charge in [-0.15, -0.1) is 0 Å². The molecule has 1 N–H and O–H groups in total. The molecule has 0 radical (unpaired) electrons. The molecule has 8 nitrogen and oxygen atoms in total. The molecule has 208 valence electrons. The third kappa shape index (κ3) is 7.58. The molecular formula is C29H32BrClN2O6. The van der Waals surface area contributed by atoms with Crippen molar-refractivity contribution in [3.8, 4) is 11.5 Å². The van der Waals surface area contributed by atoms with Crippen LogP contribution < -0.4 is 19.3 Å². The lowest BCUT2D eigenvalue weighted by Gasteiger charge is -2.31. The summed E-state index contributed by atoms with van der Waals surface area (Å²) in [4.78, 5) is 28.6. The average Bonchev–Trinajstić information content (AvgIpc) is 2.88. The summed E-state index contributed by atoms with van der Waals surface area (Å²) in [6.45, 7) is 7.26. The molecule has 3 aromatic carbocycles. The molecule has 39 heavy (non-hydrogen) atoms. The average molecular weight is 620 g/mol. The number of carbonyl (C=O) groups is 2. The Morgan fingerprint density at radius 3 is 2.00 bits per heavy atom. The third-order valence-electron chi connectivity index (χ3n) is 5.87. The molecule has 0 aromatic heterocycles. The lowest BCUT2D eigenvalue weighted by atomic mass is 10.1. The fourth-order valence-corrected chi connectivity index (χ4v) is 4.53. The highest BCUT2D eigenvalue weighted by atomic mass is 79.9. The van der Waals surface area contributed by atoms with Crippen LogP contribution in [0.5, 0.6) is 11.5 Å². The Morgan fingerprint density at radius 1 is 0.974 bits per heavy atom. The SMILES string of the molecule is COc1ccc(CN(C(=O)OC(C)(C)C)c2cc(Br)c(Cl)c(N(C(=O)O)C(C)c3ccc(OC)cc3)c2)cc1. The molecule has 0 aliphatic rings. The molecule has 0 saturated carbocycles. The van der Waals surface area contributed by atoms with Crippen molar-refractivity contribution in [2.75, 3.05) is 24.0 Å². The first kappa shape index (κ1) is 30.1. The van der Waals surface area contributed by atoms with Crippen molar-refractivity contribution in [3.05, 3.63) is 81.3 Å². The molecular weight excluding hydrogens is 588 g/mol. The standard InChI is InChI=1S/C29H32BrClN2O6/c1-18(20-9-13-23(38-6)14-10-20)33(27(34)35)25-16-21(15-24(30)26(25)31)32(28(36)39-29(2,3)4)17-19-7-11-22(37-5)12-8-19/h7-16,18H,17H2,1-6H3,(H,34,35). The topological polar surface area (TPSA) is 88.5 Å². The normalized spacial score (nSPS) is 11.9. The van der Waals surface area contributed by atoms with E-state index >= 15 is 0 Å². The minimum absolute atomic E-state index is 0.160. The number of benzene rings is 3. The number of amides is 2. The van der Waals surface area contributed by atoms with Crippen molar-refractivity contribution in [1.82, 2.24) is 0 Å². The summed E-state index contributed by atoms with van der Waals surface area (Å²) in [7, 11) is 3.14. The Morgan fingerprint density at radius 2 is 1.51 bits per heavy atom. The lowest BCUT2D eigenvalue weighted by molar-refractivity contribution is 0.0577. The molecule has 0 saturated heterocycles. The minimum atomic E-state index is -1.21. The Bertz CT molecular complexity index is 1310. The molecule has 2 amide bonds. The fourth-order valence-electron chi connectivity index (χ4n) is 3.89. The number of rotatable bonds is 8. The van der Waals surface area contributed by atoms with Gasteiger partial charge < -0.3 is 19.3 Å². The van der Waals surface area contributed by atoms with Crippen molar-refractivity contribution in [2.24, 2.45) is 0 Å².